The Bertz CT molecular complexity index is 941. The fraction of sp³-hybridized carbons (Fsp3) is 0.318. The Morgan fingerprint density at radius 1 is 1.14 bits per heavy atom. The SMILES string of the molecule is Cc1ccc(OC(C)C(=O)Nc2cc(C(C)(C)C)nn2-c2ccccn2)cc1. The van der Waals surface area contributed by atoms with Crippen LogP contribution in [0.1, 0.15) is 39.0 Å². The van der Waals surface area contributed by atoms with Crippen molar-refractivity contribution >= 4 is 11.7 Å². The van der Waals surface area contributed by atoms with Gasteiger partial charge in [-0.2, -0.15) is 9.78 Å². The lowest BCUT2D eigenvalue weighted by molar-refractivity contribution is -0.122. The predicted molar refractivity (Wildman–Crippen MR) is 110 cm³/mol. The van der Waals surface area contributed by atoms with Crippen molar-refractivity contribution in [1.82, 2.24) is 14.8 Å². The van der Waals surface area contributed by atoms with E-state index < -0.39 is 6.10 Å². The second kappa shape index (κ2) is 7.84. The van der Waals surface area contributed by atoms with Gasteiger partial charge in [0, 0.05) is 17.7 Å². The molecule has 0 saturated heterocycles. The number of benzene rings is 1. The molecule has 0 saturated carbocycles. The lowest BCUT2D eigenvalue weighted by Gasteiger charge is -2.15. The molecule has 0 aliphatic carbocycles. The van der Waals surface area contributed by atoms with Crippen LogP contribution in [0.15, 0.2) is 54.7 Å². The third kappa shape index (κ3) is 4.57. The van der Waals surface area contributed by atoms with Crippen LogP contribution in [0.4, 0.5) is 5.82 Å². The largest absolute Gasteiger partial charge is 0.481 e. The number of carbonyl (C=O) groups excluding carboxylic acids is 1. The Labute approximate surface area is 165 Å². The molecule has 6 heteroatoms. The normalized spacial score (nSPS) is 12.5. The number of anilines is 1. The summed E-state index contributed by atoms with van der Waals surface area (Å²) in [6.45, 7) is 9.96. The summed E-state index contributed by atoms with van der Waals surface area (Å²) in [5.74, 6) is 1.60. The van der Waals surface area contributed by atoms with Crippen LogP contribution in [0.3, 0.4) is 0 Å². The number of aryl methyl sites for hydroxylation is 1. The second-order valence-corrected chi connectivity index (χ2v) is 7.83. The number of ether oxygens (including phenoxy) is 1. The van der Waals surface area contributed by atoms with Crippen molar-refractivity contribution in [2.24, 2.45) is 0 Å². The average Bonchev–Trinajstić information content (AvgIpc) is 3.08. The summed E-state index contributed by atoms with van der Waals surface area (Å²) < 4.78 is 7.42. The standard InChI is InChI=1S/C22H26N4O2/c1-15-9-11-17(12-10-15)28-16(2)21(27)24-20-14-18(22(3,4)5)25-26(20)19-8-6-7-13-23-19/h6-14,16H,1-5H3,(H,24,27). The van der Waals surface area contributed by atoms with Crippen molar-refractivity contribution < 1.29 is 9.53 Å². The van der Waals surface area contributed by atoms with Crippen LogP contribution in [0.2, 0.25) is 0 Å². The Morgan fingerprint density at radius 2 is 1.86 bits per heavy atom. The molecule has 2 heterocycles. The summed E-state index contributed by atoms with van der Waals surface area (Å²) in [4.78, 5) is 17.1. The number of rotatable bonds is 5. The lowest BCUT2D eigenvalue weighted by atomic mass is 9.92. The van der Waals surface area contributed by atoms with Gasteiger partial charge in [0.1, 0.15) is 11.6 Å². The summed E-state index contributed by atoms with van der Waals surface area (Å²) in [7, 11) is 0. The van der Waals surface area contributed by atoms with E-state index in [2.05, 4.69) is 36.2 Å². The van der Waals surface area contributed by atoms with Crippen molar-refractivity contribution in [3.63, 3.8) is 0 Å². The Kier molecular flexibility index (Phi) is 5.49. The van der Waals surface area contributed by atoms with Gasteiger partial charge < -0.3 is 10.1 Å². The molecule has 1 amide bonds. The molecule has 2 aromatic heterocycles. The van der Waals surface area contributed by atoms with E-state index >= 15 is 0 Å². The molecule has 3 rings (SSSR count). The molecule has 0 fully saturated rings. The first kappa shape index (κ1) is 19.6. The van der Waals surface area contributed by atoms with Crippen LogP contribution >= 0.6 is 0 Å². The van der Waals surface area contributed by atoms with E-state index in [1.807, 2.05) is 55.5 Å². The molecule has 0 spiro atoms. The van der Waals surface area contributed by atoms with Gasteiger partial charge in [-0.15, -0.1) is 0 Å². The number of nitrogens with zero attached hydrogens (tertiary/aromatic N) is 3. The molecule has 1 aromatic carbocycles. The maximum absolute atomic E-state index is 12.7. The molecular weight excluding hydrogens is 352 g/mol. The molecule has 0 radical (unpaired) electrons. The summed E-state index contributed by atoms with van der Waals surface area (Å²) in [6, 6.07) is 15.1. The fourth-order valence-corrected chi connectivity index (χ4v) is 2.59. The first-order valence-corrected chi connectivity index (χ1v) is 9.30. The van der Waals surface area contributed by atoms with Crippen molar-refractivity contribution in [2.45, 2.75) is 46.1 Å². The number of amides is 1. The van der Waals surface area contributed by atoms with Gasteiger partial charge in [-0.25, -0.2) is 4.98 Å². The number of aromatic nitrogens is 3. The first-order valence-electron chi connectivity index (χ1n) is 9.30. The highest BCUT2D eigenvalue weighted by atomic mass is 16.5. The summed E-state index contributed by atoms with van der Waals surface area (Å²) in [5.41, 5.74) is 1.84. The van der Waals surface area contributed by atoms with Crippen LogP contribution in [-0.2, 0) is 10.2 Å². The zero-order valence-corrected chi connectivity index (χ0v) is 16.9. The lowest BCUT2D eigenvalue weighted by Crippen LogP contribution is -2.31. The molecule has 6 nitrogen and oxygen atoms in total. The van der Waals surface area contributed by atoms with Crippen LogP contribution in [0, 0.1) is 6.92 Å². The van der Waals surface area contributed by atoms with Gasteiger partial charge in [0.05, 0.1) is 5.69 Å². The van der Waals surface area contributed by atoms with Crippen LogP contribution < -0.4 is 10.1 Å². The topological polar surface area (TPSA) is 69.0 Å². The van der Waals surface area contributed by atoms with Gasteiger partial charge >= 0.3 is 0 Å². The zero-order valence-electron chi connectivity index (χ0n) is 16.9. The third-order valence-electron chi connectivity index (χ3n) is 4.30. The Balaban J connectivity index is 1.83. The number of hydrogen-bond donors (Lipinski definition) is 1. The quantitative estimate of drug-likeness (QED) is 0.719. The highest BCUT2D eigenvalue weighted by Crippen LogP contribution is 2.26. The Hall–Kier alpha value is -3.15. The highest BCUT2D eigenvalue weighted by molar-refractivity contribution is 5.93. The van der Waals surface area contributed by atoms with Crippen LogP contribution in [-0.4, -0.2) is 26.8 Å². The molecule has 1 unspecified atom stereocenters. The summed E-state index contributed by atoms with van der Waals surface area (Å²) in [5, 5.41) is 7.59. The molecular formula is C22H26N4O2. The molecule has 0 aliphatic heterocycles. The highest BCUT2D eigenvalue weighted by Gasteiger charge is 2.23. The summed E-state index contributed by atoms with van der Waals surface area (Å²) in [6.07, 6.45) is 1.04. The van der Waals surface area contributed by atoms with Crippen LogP contribution in [0.25, 0.3) is 5.82 Å². The number of nitrogens with one attached hydrogen (secondary N) is 1. The number of hydrogen-bond acceptors (Lipinski definition) is 4. The molecule has 1 atom stereocenters. The molecule has 146 valence electrons. The van der Waals surface area contributed by atoms with Gasteiger partial charge in [-0.3, -0.25) is 4.79 Å². The fourth-order valence-electron chi connectivity index (χ4n) is 2.59. The molecule has 0 aliphatic rings. The molecule has 3 aromatic rings. The third-order valence-corrected chi connectivity index (χ3v) is 4.30. The molecule has 0 bridgehead atoms. The van der Waals surface area contributed by atoms with Gasteiger partial charge in [-0.1, -0.05) is 44.5 Å². The van der Waals surface area contributed by atoms with E-state index in [0.29, 0.717) is 17.4 Å². The molecule has 1 N–H and O–H groups in total. The van der Waals surface area contributed by atoms with E-state index in [-0.39, 0.29) is 11.3 Å². The zero-order chi connectivity index (χ0) is 20.3. The minimum Gasteiger partial charge on any atom is -0.481 e. The number of pyridine rings is 1. The number of carbonyl (C=O) groups is 1. The Morgan fingerprint density at radius 3 is 2.46 bits per heavy atom. The van der Waals surface area contributed by atoms with E-state index in [1.165, 1.54) is 0 Å². The van der Waals surface area contributed by atoms with Crippen molar-refractivity contribution in [3.8, 4) is 11.6 Å². The first-order chi connectivity index (χ1) is 13.2. The maximum atomic E-state index is 12.7. The van der Waals surface area contributed by atoms with E-state index in [9.17, 15) is 4.79 Å². The minimum absolute atomic E-state index is 0.163. The van der Waals surface area contributed by atoms with Crippen molar-refractivity contribution in [3.05, 3.63) is 66.0 Å². The second-order valence-electron chi connectivity index (χ2n) is 7.83. The smallest absolute Gasteiger partial charge is 0.266 e. The van der Waals surface area contributed by atoms with Gasteiger partial charge in [-0.05, 0) is 38.1 Å². The predicted octanol–water partition coefficient (Wildman–Crippen LogP) is 4.28. The van der Waals surface area contributed by atoms with E-state index in [4.69, 9.17) is 4.74 Å². The van der Waals surface area contributed by atoms with Gasteiger partial charge in [0.15, 0.2) is 11.9 Å². The maximum Gasteiger partial charge on any atom is 0.266 e. The average molecular weight is 378 g/mol. The monoisotopic (exact) mass is 378 g/mol. The summed E-state index contributed by atoms with van der Waals surface area (Å²) >= 11 is 0. The van der Waals surface area contributed by atoms with Crippen molar-refractivity contribution in [1.29, 1.82) is 0 Å². The van der Waals surface area contributed by atoms with E-state index in [1.54, 1.807) is 17.8 Å². The van der Waals surface area contributed by atoms with Crippen molar-refractivity contribution in [2.75, 3.05) is 5.32 Å². The van der Waals surface area contributed by atoms with Gasteiger partial charge in [0.25, 0.3) is 5.91 Å². The van der Waals surface area contributed by atoms with Gasteiger partial charge in [0.2, 0.25) is 0 Å². The van der Waals surface area contributed by atoms with E-state index in [0.717, 1.165) is 11.3 Å². The van der Waals surface area contributed by atoms with Crippen LogP contribution in [0.5, 0.6) is 5.75 Å². The minimum atomic E-state index is -0.659. The molecule has 28 heavy (non-hydrogen) atoms.